The second kappa shape index (κ2) is 8.22. The third-order valence-corrected chi connectivity index (χ3v) is 4.75. The van der Waals surface area contributed by atoms with Crippen LogP contribution < -0.4 is 4.74 Å². The molecular weight excluding hydrogens is 362 g/mol. The summed E-state index contributed by atoms with van der Waals surface area (Å²) < 4.78 is 5.75. The van der Waals surface area contributed by atoms with Crippen molar-refractivity contribution in [2.75, 3.05) is 6.54 Å². The number of Topliss-reactive ketones (excluding diaryl/α,β-unsaturated/α-hetero) is 1. The molecule has 6 heteroatoms. The highest BCUT2D eigenvalue weighted by atomic mass is 32.2. The average molecular weight is 381 g/mol. The first kappa shape index (κ1) is 18.9. The van der Waals surface area contributed by atoms with E-state index < -0.39 is 11.1 Å². The molecule has 0 unspecified atom stereocenters. The van der Waals surface area contributed by atoms with Crippen molar-refractivity contribution in [1.29, 1.82) is 0 Å². The zero-order valence-electron chi connectivity index (χ0n) is 15.0. The summed E-state index contributed by atoms with van der Waals surface area (Å²) in [4.78, 5) is 38.5. The standard InChI is InChI=1S/C21H19NO4S/c1-14(2)26-18-11-7-6-10-16(18)12-19-20(24)22(21(25)27-19)13-17(23)15-8-4-3-5-9-15/h3-12,14H,13H2,1-2H3/b19-12-. The topological polar surface area (TPSA) is 63.7 Å². The predicted octanol–water partition coefficient (Wildman–Crippen LogP) is 4.39. The molecule has 0 spiro atoms. The predicted molar refractivity (Wildman–Crippen MR) is 106 cm³/mol. The molecule has 1 aliphatic heterocycles. The molecule has 0 atom stereocenters. The quantitative estimate of drug-likeness (QED) is 0.548. The van der Waals surface area contributed by atoms with E-state index in [2.05, 4.69) is 0 Å². The second-order valence-corrected chi connectivity index (χ2v) is 7.25. The van der Waals surface area contributed by atoms with Crippen molar-refractivity contribution < 1.29 is 19.1 Å². The van der Waals surface area contributed by atoms with E-state index in [0.29, 0.717) is 16.9 Å². The molecule has 2 amide bonds. The molecule has 0 N–H and O–H groups in total. The summed E-state index contributed by atoms with van der Waals surface area (Å²) in [6.45, 7) is 3.57. The number of ketones is 1. The van der Waals surface area contributed by atoms with Crippen molar-refractivity contribution in [3.8, 4) is 5.75 Å². The largest absolute Gasteiger partial charge is 0.490 e. The van der Waals surface area contributed by atoms with E-state index >= 15 is 0 Å². The number of carbonyl (C=O) groups is 3. The van der Waals surface area contributed by atoms with Gasteiger partial charge in [0.2, 0.25) is 0 Å². The molecule has 2 aromatic carbocycles. The van der Waals surface area contributed by atoms with E-state index in [1.165, 1.54) is 0 Å². The number of imide groups is 1. The number of carbonyl (C=O) groups excluding carboxylic acids is 3. The van der Waals surface area contributed by atoms with Gasteiger partial charge in [0, 0.05) is 11.1 Å². The van der Waals surface area contributed by atoms with E-state index in [9.17, 15) is 14.4 Å². The van der Waals surface area contributed by atoms with Crippen LogP contribution in [0.1, 0.15) is 29.8 Å². The van der Waals surface area contributed by atoms with Crippen molar-refractivity contribution in [2.24, 2.45) is 0 Å². The molecule has 1 saturated heterocycles. The molecule has 0 bridgehead atoms. The van der Waals surface area contributed by atoms with Gasteiger partial charge in [-0.3, -0.25) is 19.3 Å². The monoisotopic (exact) mass is 381 g/mol. The number of para-hydroxylation sites is 1. The molecule has 1 heterocycles. The van der Waals surface area contributed by atoms with Crippen LogP contribution in [-0.2, 0) is 4.79 Å². The number of nitrogens with zero attached hydrogens (tertiary/aromatic N) is 1. The minimum Gasteiger partial charge on any atom is -0.490 e. The Kier molecular flexibility index (Phi) is 5.76. The highest BCUT2D eigenvalue weighted by Gasteiger charge is 2.36. The molecule has 0 aromatic heterocycles. The number of benzene rings is 2. The molecule has 2 aromatic rings. The van der Waals surface area contributed by atoms with Crippen molar-refractivity contribution in [3.63, 3.8) is 0 Å². The van der Waals surface area contributed by atoms with Crippen LogP contribution in [-0.4, -0.2) is 34.5 Å². The van der Waals surface area contributed by atoms with Crippen LogP contribution >= 0.6 is 11.8 Å². The van der Waals surface area contributed by atoms with Gasteiger partial charge >= 0.3 is 0 Å². The highest BCUT2D eigenvalue weighted by Crippen LogP contribution is 2.34. The van der Waals surface area contributed by atoms with Gasteiger partial charge in [0.1, 0.15) is 5.75 Å². The molecule has 5 nitrogen and oxygen atoms in total. The number of rotatable bonds is 6. The first-order chi connectivity index (χ1) is 13.0. The first-order valence-electron chi connectivity index (χ1n) is 8.55. The summed E-state index contributed by atoms with van der Waals surface area (Å²) in [5.41, 5.74) is 1.18. The highest BCUT2D eigenvalue weighted by molar-refractivity contribution is 8.18. The molecule has 0 saturated carbocycles. The van der Waals surface area contributed by atoms with Crippen LogP contribution in [0.15, 0.2) is 59.5 Å². The smallest absolute Gasteiger partial charge is 0.293 e. The summed E-state index contributed by atoms with van der Waals surface area (Å²) in [7, 11) is 0. The zero-order chi connectivity index (χ0) is 19.4. The van der Waals surface area contributed by atoms with Gasteiger partial charge in [-0.25, -0.2) is 0 Å². The number of hydrogen-bond acceptors (Lipinski definition) is 5. The van der Waals surface area contributed by atoms with E-state index in [0.717, 1.165) is 16.7 Å². The third-order valence-electron chi connectivity index (χ3n) is 3.84. The fourth-order valence-electron chi connectivity index (χ4n) is 2.60. The lowest BCUT2D eigenvalue weighted by Crippen LogP contribution is -2.33. The lowest BCUT2D eigenvalue weighted by atomic mass is 10.1. The van der Waals surface area contributed by atoms with Gasteiger partial charge in [-0.2, -0.15) is 0 Å². The Morgan fingerprint density at radius 2 is 1.74 bits per heavy atom. The van der Waals surface area contributed by atoms with Gasteiger partial charge in [0.15, 0.2) is 5.78 Å². The summed E-state index contributed by atoms with van der Waals surface area (Å²) in [6.07, 6.45) is 1.62. The minimum absolute atomic E-state index is 0.0156. The summed E-state index contributed by atoms with van der Waals surface area (Å²) in [5, 5.41) is -0.446. The Hall–Kier alpha value is -2.86. The van der Waals surface area contributed by atoms with Crippen molar-refractivity contribution in [1.82, 2.24) is 4.90 Å². The van der Waals surface area contributed by atoms with Crippen LogP contribution in [0.3, 0.4) is 0 Å². The molecular formula is C21H19NO4S. The Morgan fingerprint density at radius 1 is 1.07 bits per heavy atom. The fourth-order valence-corrected chi connectivity index (χ4v) is 3.43. The van der Waals surface area contributed by atoms with Crippen molar-refractivity contribution in [2.45, 2.75) is 20.0 Å². The number of hydrogen-bond donors (Lipinski definition) is 0. The average Bonchev–Trinajstić information content (AvgIpc) is 2.91. The second-order valence-electron chi connectivity index (χ2n) is 6.26. The Balaban J connectivity index is 1.80. The Bertz CT molecular complexity index is 905. The molecule has 0 aliphatic carbocycles. The number of amides is 2. The molecule has 27 heavy (non-hydrogen) atoms. The van der Waals surface area contributed by atoms with E-state index in [1.54, 1.807) is 36.4 Å². The van der Waals surface area contributed by atoms with Crippen LogP contribution in [0.4, 0.5) is 4.79 Å². The van der Waals surface area contributed by atoms with Crippen LogP contribution in [0.25, 0.3) is 6.08 Å². The van der Waals surface area contributed by atoms with Crippen LogP contribution in [0.2, 0.25) is 0 Å². The Labute approximate surface area is 162 Å². The number of ether oxygens (including phenoxy) is 1. The van der Waals surface area contributed by atoms with Gasteiger partial charge < -0.3 is 4.74 Å². The van der Waals surface area contributed by atoms with E-state index in [-0.39, 0.29) is 23.3 Å². The third kappa shape index (κ3) is 4.46. The molecule has 0 radical (unpaired) electrons. The maximum absolute atomic E-state index is 12.6. The fraction of sp³-hybridized carbons (Fsp3) is 0.190. The van der Waals surface area contributed by atoms with E-state index in [4.69, 9.17) is 4.74 Å². The SMILES string of the molecule is CC(C)Oc1ccccc1/C=C1\SC(=O)N(CC(=O)c2ccccc2)C1=O. The normalized spacial score (nSPS) is 15.7. The molecule has 3 rings (SSSR count). The van der Waals surface area contributed by atoms with Gasteiger partial charge in [-0.1, -0.05) is 48.5 Å². The lowest BCUT2D eigenvalue weighted by Gasteiger charge is -2.13. The number of thioether (sulfide) groups is 1. The summed E-state index contributed by atoms with van der Waals surface area (Å²) in [6, 6.07) is 15.9. The lowest BCUT2D eigenvalue weighted by molar-refractivity contribution is -0.122. The zero-order valence-corrected chi connectivity index (χ0v) is 15.9. The maximum atomic E-state index is 12.6. The summed E-state index contributed by atoms with van der Waals surface area (Å²) in [5.74, 6) is -0.101. The van der Waals surface area contributed by atoms with Crippen molar-refractivity contribution >= 4 is 34.8 Å². The van der Waals surface area contributed by atoms with Gasteiger partial charge in [-0.05, 0) is 37.8 Å². The first-order valence-corrected chi connectivity index (χ1v) is 9.36. The summed E-state index contributed by atoms with van der Waals surface area (Å²) >= 11 is 0.832. The van der Waals surface area contributed by atoms with Crippen LogP contribution in [0.5, 0.6) is 5.75 Å². The minimum atomic E-state index is -0.464. The molecule has 1 aliphatic rings. The Morgan fingerprint density at radius 3 is 2.44 bits per heavy atom. The maximum Gasteiger partial charge on any atom is 0.293 e. The van der Waals surface area contributed by atoms with Crippen molar-refractivity contribution in [3.05, 3.63) is 70.6 Å². The van der Waals surface area contributed by atoms with Gasteiger partial charge in [0.05, 0.1) is 17.6 Å². The van der Waals surface area contributed by atoms with E-state index in [1.807, 2.05) is 38.1 Å². The van der Waals surface area contributed by atoms with Gasteiger partial charge in [-0.15, -0.1) is 0 Å². The van der Waals surface area contributed by atoms with Crippen LogP contribution in [0, 0.1) is 0 Å². The molecule has 1 fully saturated rings. The van der Waals surface area contributed by atoms with Gasteiger partial charge in [0.25, 0.3) is 11.1 Å². The molecule has 138 valence electrons.